The second kappa shape index (κ2) is 5.77. The molecule has 1 saturated heterocycles. The lowest BCUT2D eigenvalue weighted by Gasteiger charge is -2.23. The molecule has 108 valence electrons. The number of nitrogens with zero attached hydrogens (tertiary/aromatic N) is 2. The van der Waals surface area contributed by atoms with E-state index >= 15 is 0 Å². The fourth-order valence-electron chi connectivity index (χ4n) is 2.62. The van der Waals surface area contributed by atoms with Crippen LogP contribution < -0.4 is 5.32 Å². The molecule has 2 N–H and O–H groups in total. The monoisotopic (exact) mass is 269 g/mol. The topological polar surface area (TPSA) is 72.9 Å². The molecule has 0 aromatic rings. The molecule has 2 atom stereocenters. The summed E-state index contributed by atoms with van der Waals surface area (Å²) in [6, 6.07) is 0.0931. The molecule has 1 aliphatic heterocycles. The van der Waals surface area contributed by atoms with Crippen molar-refractivity contribution >= 4 is 12.0 Å². The number of rotatable bonds is 5. The standard InChI is InChI=1S/C13H23N3O3/c1-15(2)10-5-6-16(8-10)13(19)14-11(7-12(17)18)9-3-4-9/h9-11H,3-8H2,1-2H3,(H,14,19)(H,17,18). The van der Waals surface area contributed by atoms with Gasteiger partial charge in [0.05, 0.1) is 6.42 Å². The first-order valence-corrected chi connectivity index (χ1v) is 6.91. The summed E-state index contributed by atoms with van der Waals surface area (Å²) < 4.78 is 0. The lowest BCUT2D eigenvalue weighted by Crippen LogP contribution is -2.46. The largest absolute Gasteiger partial charge is 0.481 e. The van der Waals surface area contributed by atoms with Crippen LogP contribution in [0.5, 0.6) is 0 Å². The second-order valence-corrected chi connectivity index (χ2v) is 5.84. The Morgan fingerprint density at radius 2 is 2.05 bits per heavy atom. The van der Waals surface area contributed by atoms with Gasteiger partial charge in [-0.25, -0.2) is 4.79 Å². The number of urea groups is 1. The maximum absolute atomic E-state index is 12.1. The zero-order valence-electron chi connectivity index (χ0n) is 11.6. The minimum atomic E-state index is -0.843. The van der Waals surface area contributed by atoms with Crippen molar-refractivity contribution in [3.05, 3.63) is 0 Å². The first-order chi connectivity index (χ1) is 8.97. The molecule has 0 spiro atoms. The highest BCUT2D eigenvalue weighted by Gasteiger charge is 2.35. The van der Waals surface area contributed by atoms with Gasteiger partial charge in [0, 0.05) is 25.2 Å². The number of carboxylic acids is 1. The molecule has 0 bridgehead atoms. The van der Waals surface area contributed by atoms with Gasteiger partial charge in [0.2, 0.25) is 0 Å². The first-order valence-electron chi connectivity index (χ1n) is 6.91. The smallest absolute Gasteiger partial charge is 0.317 e. The predicted octanol–water partition coefficient (Wildman–Crippen LogP) is 0.585. The zero-order valence-corrected chi connectivity index (χ0v) is 11.6. The van der Waals surface area contributed by atoms with Gasteiger partial charge in [0.15, 0.2) is 0 Å². The van der Waals surface area contributed by atoms with Crippen LogP contribution in [0.1, 0.15) is 25.7 Å². The van der Waals surface area contributed by atoms with Crippen molar-refractivity contribution in [3.8, 4) is 0 Å². The molecular formula is C13H23N3O3. The third-order valence-electron chi connectivity index (χ3n) is 4.08. The molecule has 0 radical (unpaired) electrons. The van der Waals surface area contributed by atoms with Gasteiger partial charge in [0.1, 0.15) is 0 Å². The summed E-state index contributed by atoms with van der Waals surface area (Å²) in [7, 11) is 4.03. The summed E-state index contributed by atoms with van der Waals surface area (Å²) in [5.74, 6) is -0.489. The molecule has 2 aliphatic rings. The first kappa shape index (κ1) is 14.1. The summed E-state index contributed by atoms with van der Waals surface area (Å²) in [5, 5.41) is 11.8. The van der Waals surface area contributed by atoms with Gasteiger partial charge >= 0.3 is 12.0 Å². The van der Waals surface area contributed by atoms with E-state index in [4.69, 9.17) is 5.11 Å². The molecule has 2 rings (SSSR count). The number of carbonyl (C=O) groups excluding carboxylic acids is 1. The Hall–Kier alpha value is -1.30. The molecule has 6 nitrogen and oxygen atoms in total. The fraction of sp³-hybridized carbons (Fsp3) is 0.846. The van der Waals surface area contributed by atoms with Crippen LogP contribution in [0.25, 0.3) is 0 Å². The van der Waals surface area contributed by atoms with Gasteiger partial charge in [-0.15, -0.1) is 0 Å². The van der Waals surface area contributed by atoms with Gasteiger partial charge in [0.25, 0.3) is 0 Å². The van der Waals surface area contributed by atoms with E-state index in [1.54, 1.807) is 4.90 Å². The van der Waals surface area contributed by atoms with Crippen molar-refractivity contribution in [2.24, 2.45) is 5.92 Å². The van der Waals surface area contributed by atoms with Crippen LogP contribution in [0.4, 0.5) is 4.79 Å². The van der Waals surface area contributed by atoms with Crippen molar-refractivity contribution in [3.63, 3.8) is 0 Å². The molecule has 2 amide bonds. The fourth-order valence-corrected chi connectivity index (χ4v) is 2.62. The molecule has 2 unspecified atom stereocenters. The highest BCUT2D eigenvalue weighted by atomic mass is 16.4. The number of amides is 2. The van der Waals surface area contributed by atoms with E-state index in [9.17, 15) is 9.59 Å². The van der Waals surface area contributed by atoms with Crippen molar-refractivity contribution < 1.29 is 14.7 Å². The van der Waals surface area contributed by atoms with E-state index in [1.807, 2.05) is 14.1 Å². The Morgan fingerprint density at radius 3 is 2.53 bits per heavy atom. The maximum Gasteiger partial charge on any atom is 0.317 e. The number of carboxylic acid groups (broad SMARTS) is 1. The van der Waals surface area contributed by atoms with E-state index in [1.165, 1.54) is 0 Å². The Labute approximate surface area is 113 Å². The Balaban J connectivity index is 1.84. The van der Waals surface area contributed by atoms with Crippen LogP contribution in [-0.4, -0.2) is 66.2 Å². The molecule has 1 heterocycles. The Kier molecular flexibility index (Phi) is 4.29. The van der Waals surface area contributed by atoms with Gasteiger partial charge in [-0.2, -0.15) is 0 Å². The van der Waals surface area contributed by atoms with Gasteiger partial charge in [-0.3, -0.25) is 4.79 Å². The van der Waals surface area contributed by atoms with Gasteiger partial charge in [-0.1, -0.05) is 0 Å². The predicted molar refractivity (Wildman–Crippen MR) is 71.0 cm³/mol. The van der Waals surface area contributed by atoms with Gasteiger partial charge < -0.3 is 20.2 Å². The van der Waals surface area contributed by atoms with Gasteiger partial charge in [-0.05, 0) is 39.3 Å². The normalized spacial score (nSPS) is 24.6. The molecule has 0 aromatic carbocycles. The number of carbonyl (C=O) groups is 2. The SMILES string of the molecule is CN(C)C1CCN(C(=O)NC(CC(=O)O)C2CC2)C1. The number of likely N-dealkylation sites (tertiary alicyclic amines) is 1. The highest BCUT2D eigenvalue weighted by Crippen LogP contribution is 2.34. The minimum Gasteiger partial charge on any atom is -0.481 e. The average molecular weight is 269 g/mol. The molecule has 19 heavy (non-hydrogen) atoms. The van der Waals surface area contributed by atoms with E-state index in [2.05, 4.69) is 10.2 Å². The number of hydrogen-bond acceptors (Lipinski definition) is 3. The van der Waals surface area contributed by atoms with Crippen LogP contribution in [0.2, 0.25) is 0 Å². The highest BCUT2D eigenvalue weighted by molar-refractivity contribution is 5.76. The third kappa shape index (κ3) is 3.83. The number of nitrogens with one attached hydrogen (secondary N) is 1. The van der Waals surface area contributed by atoms with Crippen molar-refractivity contribution in [1.82, 2.24) is 15.1 Å². The van der Waals surface area contributed by atoms with Crippen LogP contribution >= 0.6 is 0 Å². The third-order valence-corrected chi connectivity index (χ3v) is 4.08. The van der Waals surface area contributed by atoms with E-state index in [0.717, 1.165) is 32.4 Å². The van der Waals surface area contributed by atoms with E-state index in [-0.39, 0.29) is 18.5 Å². The van der Waals surface area contributed by atoms with Crippen LogP contribution in [0.15, 0.2) is 0 Å². The number of hydrogen-bond donors (Lipinski definition) is 2. The second-order valence-electron chi connectivity index (χ2n) is 5.84. The molecule has 1 saturated carbocycles. The molecule has 6 heteroatoms. The summed E-state index contributed by atoms with van der Waals surface area (Å²) >= 11 is 0. The number of aliphatic carboxylic acids is 1. The molecule has 0 aromatic heterocycles. The summed E-state index contributed by atoms with van der Waals surface area (Å²) in [6.45, 7) is 1.47. The van der Waals surface area contributed by atoms with Crippen molar-refractivity contribution in [2.45, 2.75) is 37.8 Å². The molecule has 1 aliphatic carbocycles. The summed E-state index contributed by atoms with van der Waals surface area (Å²) in [6.07, 6.45) is 3.06. The van der Waals surface area contributed by atoms with E-state index in [0.29, 0.717) is 12.0 Å². The van der Waals surface area contributed by atoms with Crippen molar-refractivity contribution in [1.29, 1.82) is 0 Å². The number of likely N-dealkylation sites (N-methyl/N-ethyl adjacent to an activating group) is 1. The average Bonchev–Trinajstić information content (AvgIpc) is 3.04. The lowest BCUT2D eigenvalue weighted by molar-refractivity contribution is -0.137. The summed E-state index contributed by atoms with van der Waals surface area (Å²) in [4.78, 5) is 26.9. The van der Waals surface area contributed by atoms with Crippen molar-refractivity contribution in [2.75, 3.05) is 27.2 Å². The Morgan fingerprint density at radius 1 is 1.37 bits per heavy atom. The molecule has 2 fully saturated rings. The minimum absolute atomic E-state index is 0.0291. The Bertz CT molecular complexity index is 355. The summed E-state index contributed by atoms with van der Waals surface area (Å²) in [5.41, 5.74) is 0. The molecular weight excluding hydrogens is 246 g/mol. The van der Waals surface area contributed by atoms with E-state index < -0.39 is 5.97 Å². The van der Waals surface area contributed by atoms with Crippen LogP contribution in [0.3, 0.4) is 0 Å². The lowest BCUT2D eigenvalue weighted by atomic mass is 10.1. The zero-order chi connectivity index (χ0) is 14.0. The van der Waals surface area contributed by atoms with Crippen LogP contribution in [0, 0.1) is 5.92 Å². The maximum atomic E-state index is 12.1. The van der Waals surface area contributed by atoms with Crippen LogP contribution in [-0.2, 0) is 4.79 Å². The quantitative estimate of drug-likeness (QED) is 0.766.